The number of likely N-dealkylation sites (tertiary alicyclic amines) is 1. The summed E-state index contributed by atoms with van der Waals surface area (Å²) in [5.41, 5.74) is 6.30. The van der Waals surface area contributed by atoms with Crippen LogP contribution in [0, 0.1) is 0 Å². The Morgan fingerprint density at radius 2 is 2.11 bits per heavy atom. The number of hydrogen-bond acceptors (Lipinski definition) is 3. The fourth-order valence-corrected chi connectivity index (χ4v) is 2.82. The molecular formula is C16H26N2O. The first-order valence-electron chi connectivity index (χ1n) is 7.30. The van der Waals surface area contributed by atoms with Crippen molar-refractivity contribution in [3.63, 3.8) is 0 Å². The normalized spacial score (nSPS) is 23.4. The van der Waals surface area contributed by atoms with Gasteiger partial charge in [0.2, 0.25) is 0 Å². The molecule has 0 aromatic heterocycles. The minimum absolute atomic E-state index is 0.347. The molecule has 3 nitrogen and oxygen atoms in total. The molecule has 0 aliphatic carbocycles. The van der Waals surface area contributed by atoms with Crippen molar-refractivity contribution in [3.8, 4) is 0 Å². The second kappa shape index (κ2) is 6.51. The van der Waals surface area contributed by atoms with Crippen molar-refractivity contribution in [1.82, 2.24) is 4.90 Å². The van der Waals surface area contributed by atoms with Gasteiger partial charge in [0.1, 0.15) is 0 Å². The van der Waals surface area contributed by atoms with E-state index in [1.165, 1.54) is 18.5 Å². The minimum Gasteiger partial charge on any atom is -0.389 e. The molecule has 3 heteroatoms. The van der Waals surface area contributed by atoms with Crippen molar-refractivity contribution in [3.05, 3.63) is 35.9 Å². The summed E-state index contributed by atoms with van der Waals surface area (Å²) in [6.45, 7) is 5.56. The molecule has 1 saturated heterocycles. The highest BCUT2D eigenvalue weighted by molar-refractivity contribution is 5.20. The Labute approximate surface area is 116 Å². The number of aliphatic hydroxyl groups is 1. The van der Waals surface area contributed by atoms with E-state index >= 15 is 0 Å². The lowest BCUT2D eigenvalue weighted by Crippen LogP contribution is -2.35. The lowest BCUT2D eigenvalue weighted by Gasteiger charge is -2.23. The maximum atomic E-state index is 9.88. The van der Waals surface area contributed by atoms with Gasteiger partial charge in [-0.15, -0.1) is 0 Å². The molecule has 106 valence electrons. The largest absolute Gasteiger partial charge is 0.389 e. The van der Waals surface area contributed by atoms with Crippen LogP contribution in [0.2, 0.25) is 0 Å². The van der Waals surface area contributed by atoms with E-state index in [2.05, 4.69) is 35.2 Å². The molecule has 19 heavy (non-hydrogen) atoms. The number of rotatable bonds is 6. The maximum absolute atomic E-state index is 9.88. The highest BCUT2D eigenvalue weighted by Crippen LogP contribution is 2.27. The second-order valence-electron chi connectivity index (χ2n) is 6.00. The van der Waals surface area contributed by atoms with Crippen LogP contribution in [0.5, 0.6) is 0 Å². The Balaban J connectivity index is 1.74. The molecule has 0 amide bonds. The zero-order valence-electron chi connectivity index (χ0n) is 11.9. The van der Waals surface area contributed by atoms with Crippen molar-refractivity contribution < 1.29 is 5.11 Å². The van der Waals surface area contributed by atoms with E-state index in [4.69, 9.17) is 5.73 Å². The van der Waals surface area contributed by atoms with Crippen molar-refractivity contribution in [2.24, 2.45) is 5.73 Å². The highest BCUT2D eigenvalue weighted by atomic mass is 16.3. The topological polar surface area (TPSA) is 49.5 Å². The minimum atomic E-state index is -0.696. The lowest BCUT2D eigenvalue weighted by atomic mass is 9.99. The third-order valence-corrected chi connectivity index (χ3v) is 4.17. The van der Waals surface area contributed by atoms with E-state index in [1.54, 1.807) is 0 Å². The number of hydrogen-bond donors (Lipinski definition) is 2. The van der Waals surface area contributed by atoms with Gasteiger partial charge in [0.15, 0.2) is 0 Å². The quantitative estimate of drug-likeness (QED) is 0.824. The fourth-order valence-electron chi connectivity index (χ4n) is 2.82. The lowest BCUT2D eigenvalue weighted by molar-refractivity contribution is 0.0551. The molecule has 3 N–H and O–H groups in total. The third kappa shape index (κ3) is 4.30. The average Bonchev–Trinajstić information content (AvgIpc) is 2.88. The highest BCUT2D eigenvalue weighted by Gasteiger charge is 2.24. The third-order valence-electron chi connectivity index (χ3n) is 4.17. The van der Waals surface area contributed by atoms with E-state index < -0.39 is 5.60 Å². The summed E-state index contributed by atoms with van der Waals surface area (Å²) in [5, 5.41) is 9.88. The van der Waals surface area contributed by atoms with E-state index in [9.17, 15) is 5.11 Å². The van der Waals surface area contributed by atoms with E-state index in [1.807, 2.05) is 6.92 Å². The smallest absolute Gasteiger partial charge is 0.0741 e. The summed E-state index contributed by atoms with van der Waals surface area (Å²) in [6, 6.07) is 10.8. The van der Waals surface area contributed by atoms with Gasteiger partial charge in [-0.05, 0) is 50.8 Å². The molecule has 0 saturated carbocycles. The van der Waals surface area contributed by atoms with Crippen molar-refractivity contribution in [1.29, 1.82) is 0 Å². The number of nitrogens with two attached hydrogens (primary N) is 1. The Kier molecular flexibility index (Phi) is 4.97. The first kappa shape index (κ1) is 14.5. The van der Waals surface area contributed by atoms with Crippen LogP contribution < -0.4 is 5.73 Å². The van der Waals surface area contributed by atoms with Crippen LogP contribution in [-0.2, 0) is 0 Å². The van der Waals surface area contributed by atoms with Crippen LogP contribution in [0.3, 0.4) is 0 Å². The van der Waals surface area contributed by atoms with E-state index in [0.29, 0.717) is 12.5 Å². The fraction of sp³-hybridized carbons (Fsp3) is 0.625. The van der Waals surface area contributed by atoms with Crippen LogP contribution >= 0.6 is 0 Å². The molecule has 0 radical (unpaired) electrons. The molecule has 1 heterocycles. The van der Waals surface area contributed by atoms with Crippen LogP contribution in [0.15, 0.2) is 30.3 Å². The second-order valence-corrected chi connectivity index (χ2v) is 6.00. The summed E-state index contributed by atoms with van der Waals surface area (Å²) < 4.78 is 0. The maximum Gasteiger partial charge on any atom is 0.0741 e. The number of benzene rings is 1. The van der Waals surface area contributed by atoms with E-state index in [-0.39, 0.29) is 0 Å². The Morgan fingerprint density at radius 3 is 2.79 bits per heavy atom. The monoisotopic (exact) mass is 262 g/mol. The van der Waals surface area contributed by atoms with Crippen molar-refractivity contribution in [2.45, 2.75) is 37.7 Å². The molecular weight excluding hydrogens is 236 g/mol. The van der Waals surface area contributed by atoms with Gasteiger partial charge < -0.3 is 15.7 Å². The molecule has 2 atom stereocenters. The van der Waals surface area contributed by atoms with Crippen molar-refractivity contribution in [2.75, 3.05) is 26.2 Å². The molecule has 1 aromatic rings. The average molecular weight is 262 g/mol. The summed E-state index contributed by atoms with van der Waals surface area (Å²) in [4.78, 5) is 2.50. The number of nitrogens with zero attached hydrogens (tertiary/aromatic N) is 1. The Hall–Kier alpha value is -0.900. The van der Waals surface area contributed by atoms with Gasteiger partial charge in [0, 0.05) is 13.1 Å². The standard InChI is InChI=1S/C16H26N2O/c1-16(19,13-17)9-5-10-18-11-8-15(12-18)14-6-3-2-4-7-14/h2-4,6-7,15,19H,5,8-13,17H2,1H3. The van der Waals surface area contributed by atoms with Gasteiger partial charge in [-0.25, -0.2) is 0 Å². The molecule has 1 aromatic carbocycles. The van der Waals surface area contributed by atoms with Gasteiger partial charge in [-0.2, -0.15) is 0 Å². The van der Waals surface area contributed by atoms with Crippen LogP contribution in [-0.4, -0.2) is 41.8 Å². The van der Waals surface area contributed by atoms with Gasteiger partial charge in [-0.1, -0.05) is 30.3 Å². The molecule has 2 rings (SSSR count). The van der Waals surface area contributed by atoms with Gasteiger partial charge in [0.05, 0.1) is 5.60 Å². The molecule has 1 fully saturated rings. The van der Waals surface area contributed by atoms with Crippen molar-refractivity contribution >= 4 is 0 Å². The molecule has 1 aliphatic heterocycles. The van der Waals surface area contributed by atoms with Crippen LogP contribution in [0.25, 0.3) is 0 Å². The predicted molar refractivity (Wildman–Crippen MR) is 79.2 cm³/mol. The zero-order chi connectivity index (χ0) is 13.7. The molecule has 1 aliphatic rings. The van der Waals surface area contributed by atoms with Gasteiger partial charge in [0.25, 0.3) is 0 Å². The van der Waals surface area contributed by atoms with Crippen LogP contribution in [0.1, 0.15) is 37.7 Å². The Bertz CT molecular complexity index is 378. The Morgan fingerprint density at radius 1 is 1.37 bits per heavy atom. The summed E-state index contributed by atoms with van der Waals surface area (Å²) in [5.74, 6) is 0.677. The predicted octanol–water partition coefficient (Wildman–Crippen LogP) is 1.97. The first-order chi connectivity index (χ1) is 9.11. The van der Waals surface area contributed by atoms with Gasteiger partial charge in [-0.3, -0.25) is 0 Å². The summed E-state index contributed by atoms with van der Waals surface area (Å²) in [7, 11) is 0. The molecule has 0 bridgehead atoms. The van der Waals surface area contributed by atoms with E-state index in [0.717, 1.165) is 25.9 Å². The van der Waals surface area contributed by atoms with Crippen LogP contribution in [0.4, 0.5) is 0 Å². The SMILES string of the molecule is CC(O)(CN)CCCN1CCC(c2ccccc2)C1. The molecule has 2 unspecified atom stereocenters. The van der Waals surface area contributed by atoms with Gasteiger partial charge >= 0.3 is 0 Å². The zero-order valence-corrected chi connectivity index (χ0v) is 11.9. The first-order valence-corrected chi connectivity index (χ1v) is 7.30. The summed E-state index contributed by atoms with van der Waals surface area (Å²) >= 11 is 0. The molecule has 0 spiro atoms. The summed E-state index contributed by atoms with van der Waals surface area (Å²) in [6.07, 6.45) is 3.05.